The van der Waals surface area contributed by atoms with Gasteiger partial charge in [0, 0.05) is 25.7 Å². The fraction of sp³-hybridized carbons (Fsp3) is 1.00. The van der Waals surface area contributed by atoms with E-state index in [9.17, 15) is 0 Å². The SMILES string of the molecule is CCCO[C@@H]1CCN(CC)C[C@@H]1N. The van der Waals surface area contributed by atoms with Crippen molar-refractivity contribution in [1.29, 1.82) is 0 Å². The van der Waals surface area contributed by atoms with Crippen LogP contribution in [0.5, 0.6) is 0 Å². The molecule has 0 aromatic rings. The molecule has 0 amide bonds. The summed E-state index contributed by atoms with van der Waals surface area (Å²) in [7, 11) is 0. The van der Waals surface area contributed by atoms with Crippen molar-refractivity contribution in [3.63, 3.8) is 0 Å². The summed E-state index contributed by atoms with van der Waals surface area (Å²) in [5.74, 6) is 0. The van der Waals surface area contributed by atoms with E-state index < -0.39 is 0 Å². The van der Waals surface area contributed by atoms with Crippen molar-refractivity contribution in [3.8, 4) is 0 Å². The Morgan fingerprint density at radius 3 is 2.77 bits per heavy atom. The normalized spacial score (nSPS) is 30.7. The molecule has 2 atom stereocenters. The molecule has 0 radical (unpaired) electrons. The summed E-state index contributed by atoms with van der Waals surface area (Å²) in [6.07, 6.45) is 2.47. The highest BCUT2D eigenvalue weighted by atomic mass is 16.5. The molecular formula is C10H22N2O. The van der Waals surface area contributed by atoms with Crippen LogP contribution in [-0.4, -0.2) is 43.3 Å². The van der Waals surface area contributed by atoms with Gasteiger partial charge in [0.2, 0.25) is 0 Å². The lowest BCUT2D eigenvalue weighted by molar-refractivity contribution is -0.00503. The van der Waals surface area contributed by atoms with Crippen LogP contribution in [0.3, 0.4) is 0 Å². The minimum Gasteiger partial charge on any atom is -0.377 e. The molecule has 1 saturated heterocycles. The highest BCUT2D eigenvalue weighted by molar-refractivity contribution is 4.83. The minimum atomic E-state index is 0.209. The number of nitrogens with two attached hydrogens (primary N) is 1. The molecule has 1 heterocycles. The first-order valence-corrected chi connectivity index (χ1v) is 5.37. The number of likely N-dealkylation sites (tertiary alicyclic amines) is 1. The second kappa shape index (κ2) is 5.58. The third-order valence-corrected chi connectivity index (χ3v) is 2.66. The maximum Gasteiger partial charge on any atom is 0.0750 e. The number of hydrogen-bond donors (Lipinski definition) is 1. The number of piperidine rings is 1. The lowest BCUT2D eigenvalue weighted by Gasteiger charge is -2.35. The Balaban J connectivity index is 2.26. The maximum atomic E-state index is 6.02. The molecule has 0 spiro atoms. The molecule has 1 fully saturated rings. The van der Waals surface area contributed by atoms with E-state index in [1.165, 1.54) is 0 Å². The Morgan fingerprint density at radius 1 is 1.46 bits per heavy atom. The molecule has 1 aliphatic heterocycles. The Hall–Kier alpha value is -0.120. The summed E-state index contributed by atoms with van der Waals surface area (Å²) in [6.45, 7) is 8.40. The summed E-state index contributed by atoms with van der Waals surface area (Å²) < 4.78 is 5.69. The molecule has 0 aliphatic carbocycles. The lowest BCUT2D eigenvalue weighted by Crippen LogP contribution is -2.52. The van der Waals surface area contributed by atoms with Gasteiger partial charge in [-0.15, -0.1) is 0 Å². The van der Waals surface area contributed by atoms with Gasteiger partial charge in [-0.3, -0.25) is 0 Å². The molecule has 13 heavy (non-hydrogen) atoms. The summed E-state index contributed by atoms with van der Waals surface area (Å²) >= 11 is 0. The van der Waals surface area contributed by atoms with E-state index in [-0.39, 0.29) is 6.04 Å². The van der Waals surface area contributed by atoms with E-state index in [2.05, 4.69) is 18.7 Å². The van der Waals surface area contributed by atoms with Gasteiger partial charge in [0.25, 0.3) is 0 Å². The molecule has 78 valence electrons. The van der Waals surface area contributed by atoms with Gasteiger partial charge in [0.1, 0.15) is 0 Å². The number of nitrogens with zero attached hydrogens (tertiary/aromatic N) is 1. The average Bonchev–Trinajstić information content (AvgIpc) is 2.16. The number of likely N-dealkylation sites (N-methyl/N-ethyl adjacent to an activating group) is 1. The van der Waals surface area contributed by atoms with Crippen LogP contribution in [0.1, 0.15) is 26.7 Å². The first-order valence-electron chi connectivity index (χ1n) is 5.37. The number of ether oxygens (including phenoxy) is 1. The highest BCUT2D eigenvalue weighted by Crippen LogP contribution is 2.12. The van der Waals surface area contributed by atoms with Crippen LogP contribution in [0, 0.1) is 0 Å². The maximum absolute atomic E-state index is 6.02. The first kappa shape index (κ1) is 11.0. The van der Waals surface area contributed by atoms with E-state index in [4.69, 9.17) is 10.5 Å². The van der Waals surface area contributed by atoms with Crippen LogP contribution >= 0.6 is 0 Å². The standard InChI is InChI=1S/C10H22N2O/c1-3-7-13-10-5-6-12(4-2)8-9(10)11/h9-10H,3-8,11H2,1-2H3/t9-,10+/m0/s1. The smallest absolute Gasteiger partial charge is 0.0750 e. The van der Waals surface area contributed by atoms with Gasteiger partial charge in [-0.1, -0.05) is 13.8 Å². The van der Waals surface area contributed by atoms with Gasteiger partial charge in [0.05, 0.1) is 6.10 Å². The molecule has 0 saturated carbocycles. The zero-order valence-electron chi connectivity index (χ0n) is 8.83. The molecule has 0 aromatic carbocycles. The van der Waals surface area contributed by atoms with Crippen molar-refractivity contribution < 1.29 is 4.74 Å². The molecule has 0 unspecified atom stereocenters. The van der Waals surface area contributed by atoms with E-state index in [0.29, 0.717) is 6.10 Å². The molecular weight excluding hydrogens is 164 g/mol. The highest BCUT2D eigenvalue weighted by Gasteiger charge is 2.25. The topological polar surface area (TPSA) is 38.5 Å². The van der Waals surface area contributed by atoms with Crippen molar-refractivity contribution in [2.45, 2.75) is 38.8 Å². The Kier molecular flexibility index (Phi) is 4.70. The molecule has 3 nitrogen and oxygen atoms in total. The summed E-state index contributed by atoms with van der Waals surface area (Å²) in [4.78, 5) is 2.39. The number of rotatable bonds is 4. The fourth-order valence-corrected chi connectivity index (χ4v) is 1.79. The van der Waals surface area contributed by atoms with E-state index in [0.717, 1.165) is 39.1 Å². The zero-order chi connectivity index (χ0) is 9.68. The number of hydrogen-bond acceptors (Lipinski definition) is 3. The molecule has 0 aromatic heterocycles. The average molecular weight is 186 g/mol. The fourth-order valence-electron chi connectivity index (χ4n) is 1.79. The summed E-state index contributed by atoms with van der Waals surface area (Å²) in [6, 6.07) is 0.209. The van der Waals surface area contributed by atoms with Crippen LogP contribution in [0.25, 0.3) is 0 Å². The van der Waals surface area contributed by atoms with Gasteiger partial charge in [0.15, 0.2) is 0 Å². The van der Waals surface area contributed by atoms with Crippen molar-refractivity contribution in [2.75, 3.05) is 26.2 Å². The largest absolute Gasteiger partial charge is 0.377 e. The zero-order valence-corrected chi connectivity index (χ0v) is 8.83. The first-order chi connectivity index (χ1) is 6.27. The van der Waals surface area contributed by atoms with Crippen LogP contribution in [0.4, 0.5) is 0 Å². The van der Waals surface area contributed by atoms with Gasteiger partial charge in [-0.25, -0.2) is 0 Å². The van der Waals surface area contributed by atoms with Gasteiger partial charge >= 0.3 is 0 Å². The summed E-state index contributed by atoms with van der Waals surface area (Å²) in [5, 5.41) is 0. The van der Waals surface area contributed by atoms with Crippen molar-refractivity contribution in [1.82, 2.24) is 4.90 Å². The molecule has 1 rings (SSSR count). The minimum absolute atomic E-state index is 0.209. The second-order valence-electron chi connectivity index (χ2n) is 3.76. The predicted octanol–water partition coefficient (Wildman–Crippen LogP) is 0.835. The van der Waals surface area contributed by atoms with E-state index in [1.54, 1.807) is 0 Å². The molecule has 0 bridgehead atoms. The van der Waals surface area contributed by atoms with Crippen LogP contribution in [0.15, 0.2) is 0 Å². The Bertz CT molecular complexity index is 141. The Morgan fingerprint density at radius 2 is 2.23 bits per heavy atom. The van der Waals surface area contributed by atoms with Crippen molar-refractivity contribution in [3.05, 3.63) is 0 Å². The lowest BCUT2D eigenvalue weighted by atomic mass is 10.0. The predicted molar refractivity (Wildman–Crippen MR) is 54.7 cm³/mol. The van der Waals surface area contributed by atoms with Gasteiger partial charge in [-0.2, -0.15) is 0 Å². The van der Waals surface area contributed by atoms with Crippen LogP contribution in [-0.2, 0) is 4.74 Å². The third kappa shape index (κ3) is 3.25. The summed E-state index contributed by atoms with van der Waals surface area (Å²) in [5.41, 5.74) is 6.02. The molecule has 2 N–H and O–H groups in total. The third-order valence-electron chi connectivity index (χ3n) is 2.66. The monoisotopic (exact) mass is 186 g/mol. The van der Waals surface area contributed by atoms with Gasteiger partial charge in [-0.05, 0) is 19.4 Å². The second-order valence-corrected chi connectivity index (χ2v) is 3.76. The van der Waals surface area contributed by atoms with Crippen molar-refractivity contribution >= 4 is 0 Å². The van der Waals surface area contributed by atoms with Crippen molar-refractivity contribution in [2.24, 2.45) is 5.73 Å². The van der Waals surface area contributed by atoms with E-state index >= 15 is 0 Å². The molecule has 3 heteroatoms. The van der Waals surface area contributed by atoms with E-state index in [1.807, 2.05) is 0 Å². The van der Waals surface area contributed by atoms with Crippen LogP contribution < -0.4 is 5.73 Å². The van der Waals surface area contributed by atoms with Gasteiger partial charge < -0.3 is 15.4 Å². The Labute approximate surface area is 81.2 Å². The van der Waals surface area contributed by atoms with Crippen LogP contribution in [0.2, 0.25) is 0 Å². The quantitative estimate of drug-likeness (QED) is 0.707. The molecule has 1 aliphatic rings.